The van der Waals surface area contributed by atoms with Gasteiger partial charge in [-0.15, -0.1) is 0 Å². The van der Waals surface area contributed by atoms with Gasteiger partial charge in [-0.25, -0.2) is 15.2 Å². The monoisotopic (exact) mass is 234 g/mol. The predicted molar refractivity (Wildman–Crippen MR) is 62.3 cm³/mol. The first kappa shape index (κ1) is 11.3. The Morgan fingerprint density at radius 3 is 2.88 bits per heavy atom. The Balaban J connectivity index is 2.61. The number of aromatic nitrogens is 2. The number of aryl methyl sites for hydroxylation is 1. The average Bonchev–Trinajstić information content (AvgIpc) is 2.33. The first-order chi connectivity index (χ1) is 8.13. The van der Waals surface area contributed by atoms with E-state index in [9.17, 15) is 9.18 Å². The van der Waals surface area contributed by atoms with Crippen molar-refractivity contribution in [2.24, 2.45) is 5.84 Å². The van der Waals surface area contributed by atoms with Crippen molar-refractivity contribution in [2.45, 2.75) is 6.92 Å². The van der Waals surface area contributed by atoms with E-state index >= 15 is 0 Å². The summed E-state index contributed by atoms with van der Waals surface area (Å²) in [6.45, 7) is 1.65. The maximum atomic E-state index is 13.4. The molecular formula is C11H11FN4O. The molecule has 17 heavy (non-hydrogen) atoms. The fourth-order valence-corrected chi connectivity index (χ4v) is 1.45. The number of benzene rings is 1. The number of nitrogens with two attached hydrogens (primary N) is 1. The summed E-state index contributed by atoms with van der Waals surface area (Å²) < 4.78 is 14.7. The molecule has 0 atom stereocenters. The zero-order valence-electron chi connectivity index (χ0n) is 9.14. The molecule has 1 aromatic heterocycles. The minimum absolute atomic E-state index is 0.00785. The van der Waals surface area contributed by atoms with E-state index in [-0.39, 0.29) is 11.6 Å². The lowest BCUT2D eigenvalue weighted by Crippen LogP contribution is -2.25. The van der Waals surface area contributed by atoms with Crippen LogP contribution in [0, 0.1) is 12.7 Å². The number of nitrogen functional groups attached to an aromatic ring is 1. The topological polar surface area (TPSA) is 72.9 Å². The molecule has 0 amide bonds. The van der Waals surface area contributed by atoms with Gasteiger partial charge in [-0.2, -0.15) is 0 Å². The zero-order chi connectivity index (χ0) is 12.4. The Hall–Kier alpha value is -2.21. The normalized spacial score (nSPS) is 10.3. The van der Waals surface area contributed by atoms with Crippen LogP contribution in [0.15, 0.2) is 35.4 Å². The molecule has 0 aliphatic carbocycles. The third-order valence-corrected chi connectivity index (χ3v) is 2.41. The van der Waals surface area contributed by atoms with E-state index in [2.05, 4.69) is 10.4 Å². The Labute approximate surface area is 96.7 Å². The summed E-state index contributed by atoms with van der Waals surface area (Å²) in [6, 6.07) is 4.55. The van der Waals surface area contributed by atoms with E-state index in [0.29, 0.717) is 11.3 Å². The van der Waals surface area contributed by atoms with Gasteiger partial charge in [0.15, 0.2) is 0 Å². The molecule has 0 aliphatic rings. The molecule has 0 unspecified atom stereocenters. The molecule has 0 fully saturated rings. The van der Waals surface area contributed by atoms with E-state index in [4.69, 9.17) is 5.84 Å². The van der Waals surface area contributed by atoms with Crippen molar-refractivity contribution < 1.29 is 4.39 Å². The highest BCUT2D eigenvalue weighted by molar-refractivity contribution is 5.39. The number of nitrogens with zero attached hydrogens (tertiary/aromatic N) is 2. The maximum Gasteiger partial charge on any atom is 0.299 e. The van der Waals surface area contributed by atoms with E-state index in [1.165, 1.54) is 23.0 Å². The minimum Gasteiger partial charge on any atom is -0.304 e. The average molecular weight is 234 g/mol. The van der Waals surface area contributed by atoms with Crippen LogP contribution in [0.1, 0.15) is 5.56 Å². The van der Waals surface area contributed by atoms with Crippen LogP contribution in [-0.4, -0.2) is 9.55 Å². The molecule has 0 aliphatic heterocycles. The lowest BCUT2D eigenvalue weighted by molar-refractivity contribution is 0.617. The first-order valence-corrected chi connectivity index (χ1v) is 4.94. The van der Waals surface area contributed by atoms with Gasteiger partial charge < -0.3 is 5.43 Å². The van der Waals surface area contributed by atoms with Crippen molar-refractivity contribution in [1.29, 1.82) is 0 Å². The Bertz CT molecular complexity index is 609. The van der Waals surface area contributed by atoms with Crippen LogP contribution in [0.4, 0.5) is 10.2 Å². The predicted octanol–water partition coefficient (Wildman–Crippen LogP) is 0.966. The van der Waals surface area contributed by atoms with Gasteiger partial charge in [0.1, 0.15) is 5.82 Å². The summed E-state index contributed by atoms with van der Waals surface area (Å²) in [4.78, 5) is 15.6. The van der Waals surface area contributed by atoms with Gasteiger partial charge in [0, 0.05) is 12.4 Å². The van der Waals surface area contributed by atoms with E-state index < -0.39 is 5.56 Å². The summed E-state index contributed by atoms with van der Waals surface area (Å²) in [6.07, 6.45) is 2.86. The van der Waals surface area contributed by atoms with Crippen molar-refractivity contribution in [2.75, 3.05) is 5.43 Å². The molecule has 0 saturated heterocycles. The van der Waals surface area contributed by atoms with Crippen LogP contribution in [0.5, 0.6) is 0 Å². The number of hydrazine groups is 1. The second kappa shape index (κ2) is 4.34. The molecule has 2 rings (SSSR count). The van der Waals surface area contributed by atoms with Gasteiger partial charge in [0.25, 0.3) is 5.56 Å². The molecule has 0 radical (unpaired) electrons. The van der Waals surface area contributed by atoms with Gasteiger partial charge in [-0.1, -0.05) is 6.07 Å². The molecule has 0 saturated carbocycles. The zero-order valence-corrected chi connectivity index (χ0v) is 9.14. The van der Waals surface area contributed by atoms with Gasteiger partial charge in [0.2, 0.25) is 5.82 Å². The number of nitrogens with one attached hydrogen (secondary N) is 1. The molecule has 3 N–H and O–H groups in total. The molecule has 2 aromatic rings. The number of anilines is 1. The third kappa shape index (κ3) is 2.02. The Kier molecular flexibility index (Phi) is 2.88. The summed E-state index contributed by atoms with van der Waals surface area (Å²) >= 11 is 0. The molecule has 0 spiro atoms. The largest absolute Gasteiger partial charge is 0.304 e. The van der Waals surface area contributed by atoms with Crippen molar-refractivity contribution >= 4 is 5.82 Å². The van der Waals surface area contributed by atoms with Crippen LogP contribution in [0.2, 0.25) is 0 Å². The van der Waals surface area contributed by atoms with E-state index in [1.54, 1.807) is 19.1 Å². The smallest absolute Gasteiger partial charge is 0.299 e. The molecular weight excluding hydrogens is 223 g/mol. The van der Waals surface area contributed by atoms with Gasteiger partial charge in [0.05, 0.1) is 5.69 Å². The second-order valence-electron chi connectivity index (χ2n) is 3.53. The number of hydrogen-bond donors (Lipinski definition) is 2. The highest BCUT2D eigenvalue weighted by Gasteiger charge is 2.06. The van der Waals surface area contributed by atoms with Crippen molar-refractivity contribution in [1.82, 2.24) is 9.55 Å². The van der Waals surface area contributed by atoms with Crippen LogP contribution < -0.4 is 16.8 Å². The Morgan fingerprint density at radius 1 is 1.47 bits per heavy atom. The van der Waals surface area contributed by atoms with Gasteiger partial charge >= 0.3 is 0 Å². The van der Waals surface area contributed by atoms with E-state index in [0.717, 1.165) is 0 Å². The number of hydrogen-bond acceptors (Lipinski definition) is 4. The molecule has 0 bridgehead atoms. The fraction of sp³-hybridized carbons (Fsp3) is 0.0909. The SMILES string of the molecule is Cc1ccc(-n2ccnc(NN)c2=O)cc1F. The third-order valence-electron chi connectivity index (χ3n) is 2.41. The number of halogens is 1. The standard InChI is InChI=1S/C11H11FN4O/c1-7-2-3-8(6-9(7)12)16-5-4-14-10(15-13)11(16)17/h2-6H,13H2,1H3,(H,14,15). The highest BCUT2D eigenvalue weighted by atomic mass is 19.1. The fourth-order valence-electron chi connectivity index (χ4n) is 1.45. The summed E-state index contributed by atoms with van der Waals surface area (Å²) in [7, 11) is 0. The number of rotatable bonds is 2. The molecule has 88 valence electrons. The van der Waals surface area contributed by atoms with Crippen LogP contribution in [-0.2, 0) is 0 Å². The highest BCUT2D eigenvalue weighted by Crippen LogP contribution is 2.12. The Morgan fingerprint density at radius 2 is 2.24 bits per heavy atom. The van der Waals surface area contributed by atoms with Gasteiger partial charge in [-0.05, 0) is 24.6 Å². The molecule has 1 aromatic carbocycles. The lowest BCUT2D eigenvalue weighted by Gasteiger charge is -2.07. The summed E-state index contributed by atoms with van der Waals surface area (Å²) in [5.41, 5.74) is 2.71. The molecule has 6 heteroatoms. The minimum atomic E-state index is -0.432. The van der Waals surface area contributed by atoms with Crippen molar-refractivity contribution in [3.8, 4) is 5.69 Å². The lowest BCUT2D eigenvalue weighted by atomic mass is 10.2. The first-order valence-electron chi connectivity index (χ1n) is 4.94. The van der Waals surface area contributed by atoms with Crippen LogP contribution >= 0.6 is 0 Å². The van der Waals surface area contributed by atoms with Crippen LogP contribution in [0.3, 0.4) is 0 Å². The van der Waals surface area contributed by atoms with Crippen molar-refractivity contribution in [3.63, 3.8) is 0 Å². The van der Waals surface area contributed by atoms with E-state index in [1.807, 2.05) is 0 Å². The quantitative estimate of drug-likeness (QED) is 0.599. The van der Waals surface area contributed by atoms with Gasteiger partial charge in [-0.3, -0.25) is 9.36 Å². The second-order valence-corrected chi connectivity index (χ2v) is 3.53. The van der Waals surface area contributed by atoms with Crippen molar-refractivity contribution in [3.05, 3.63) is 52.3 Å². The summed E-state index contributed by atoms with van der Waals surface area (Å²) in [5.74, 6) is 4.79. The van der Waals surface area contributed by atoms with Crippen LogP contribution in [0.25, 0.3) is 5.69 Å². The molecule has 5 nitrogen and oxygen atoms in total. The molecule has 1 heterocycles. The maximum absolute atomic E-state index is 13.4. The summed E-state index contributed by atoms with van der Waals surface area (Å²) in [5, 5.41) is 0.